The fraction of sp³-hybridized carbons (Fsp3) is 0.583. The maximum Gasteiger partial charge on any atom is 0.323 e. The van der Waals surface area contributed by atoms with E-state index in [4.69, 9.17) is 4.74 Å². The number of hydrogen-bond donors (Lipinski definition) is 1. The molecule has 0 aliphatic heterocycles. The average Bonchev–Trinajstić information content (AvgIpc) is 2.71. The van der Waals surface area contributed by atoms with Crippen molar-refractivity contribution in [3.05, 3.63) is 20.8 Å². The van der Waals surface area contributed by atoms with Gasteiger partial charge in [-0.1, -0.05) is 6.92 Å². The molecule has 1 N–H and O–H groups in total. The number of esters is 1. The van der Waals surface area contributed by atoms with E-state index in [1.54, 1.807) is 11.3 Å². The monoisotopic (exact) mass is 319 g/mol. The second-order valence-corrected chi connectivity index (χ2v) is 6.17. The Bertz CT molecular complexity index is 354. The van der Waals surface area contributed by atoms with Gasteiger partial charge in [0.1, 0.15) is 6.04 Å². The largest absolute Gasteiger partial charge is 0.465 e. The Labute approximate surface area is 115 Å². The summed E-state index contributed by atoms with van der Waals surface area (Å²) in [7, 11) is 0. The molecule has 1 aromatic rings. The van der Waals surface area contributed by atoms with Gasteiger partial charge in [0.05, 0.1) is 10.4 Å². The van der Waals surface area contributed by atoms with Crippen molar-refractivity contribution < 1.29 is 9.53 Å². The van der Waals surface area contributed by atoms with Crippen molar-refractivity contribution in [3.63, 3.8) is 0 Å². The molecule has 1 atom stereocenters. The van der Waals surface area contributed by atoms with Crippen LogP contribution in [0.5, 0.6) is 0 Å². The number of rotatable bonds is 7. The standard InChI is InChI=1S/C12H18BrNO2S/c1-3-10(12(15)16-4-2)14-8-7-9-5-6-11(13)17-9/h5-6,10,14H,3-4,7-8H2,1-2H3. The molecule has 1 unspecified atom stereocenters. The van der Waals surface area contributed by atoms with E-state index in [9.17, 15) is 4.79 Å². The van der Waals surface area contributed by atoms with E-state index in [2.05, 4.69) is 27.3 Å². The number of thiophene rings is 1. The van der Waals surface area contributed by atoms with Gasteiger partial charge in [-0.05, 0) is 47.8 Å². The Hall–Kier alpha value is -0.390. The second kappa shape index (κ2) is 7.84. The molecular formula is C12H18BrNO2S. The summed E-state index contributed by atoms with van der Waals surface area (Å²) >= 11 is 5.16. The molecule has 5 heteroatoms. The molecule has 0 saturated carbocycles. The Kier molecular flexibility index (Phi) is 6.77. The summed E-state index contributed by atoms with van der Waals surface area (Å²) in [5.74, 6) is -0.151. The molecule has 96 valence electrons. The molecule has 1 heterocycles. The lowest BCUT2D eigenvalue weighted by atomic mass is 10.2. The lowest BCUT2D eigenvalue weighted by Gasteiger charge is -2.14. The molecule has 1 aromatic heterocycles. The number of ether oxygens (including phenoxy) is 1. The maximum atomic E-state index is 11.5. The van der Waals surface area contributed by atoms with Gasteiger partial charge in [0, 0.05) is 11.4 Å². The molecule has 0 aromatic carbocycles. The lowest BCUT2D eigenvalue weighted by Crippen LogP contribution is -2.38. The van der Waals surface area contributed by atoms with Crippen molar-refractivity contribution in [2.24, 2.45) is 0 Å². The number of halogens is 1. The first-order chi connectivity index (χ1) is 8.17. The minimum atomic E-state index is -0.182. The SMILES string of the molecule is CCOC(=O)C(CC)NCCc1ccc(Br)s1. The molecule has 3 nitrogen and oxygen atoms in total. The van der Waals surface area contributed by atoms with Crippen LogP contribution in [0.15, 0.2) is 15.9 Å². The zero-order chi connectivity index (χ0) is 12.7. The smallest absolute Gasteiger partial charge is 0.323 e. The highest BCUT2D eigenvalue weighted by atomic mass is 79.9. The van der Waals surface area contributed by atoms with Gasteiger partial charge in [0.25, 0.3) is 0 Å². The van der Waals surface area contributed by atoms with Gasteiger partial charge in [-0.15, -0.1) is 11.3 Å². The first-order valence-corrected chi connectivity index (χ1v) is 7.42. The van der Waals surface area contributed by atoms with Crippen molar-refractivity contribution in [2.45, 2.75) is 32.7 Å². The zero-order valence-corrected chi connectivity index (χ0v) is 12.6. The van der Waals surface area contributed by atoms with Crippen LogP contribution in [0.1, 0.15) is 25.1 Å². The topological polar surface area (TPSA) is 38.3 Å². The third-order valence-corrected chi connectivity index (χ3v) is 4.05. The van der Waals surface area contributed by atoms with Gasteiger partial charge in [-0.2, -0.15) is 0 Å². The number of carbonyl (C=O) groups excluding carboxylic acids is 1. The van der Waals surface area contributed by atoms with Crippen LogP contribution in [0.2, 0.25) is 0 Å². The summed E-state index contributed by atoms with van der Waals surface area (Å²) in [5, 5.41) is 3.23. The van der Waals surface area contributed by atoms with Crippen molar-refractivity contribution in [1.29, 1.82) is 0 Å². The van der Waals surface area contributed by atoms with E-state index in [0.717, 1.165) is 23.2 Å². The van der Waals surface area contributed by atoms with Crippen molar-refractivity contribution in [2.75, 3.05) is 13.2 Å². The van der Waals surface area contributed by atoms with Crippen LogP contribution in [0.4, 0.5) is 0 Å². The minimum absolute atomic E-state index is 0.151. The minimum Gasteiger partial charge on any atom is -0.465 e. The van der Waals surface area contributed by atoms with Crippen LogP contribution in [0, 0.1) is 0 Å². The van der Waals surface area contributed by atoms with Crippen LogP contribution in [0.3, 0.4) is 0 Å². The molecule has 1 rings (SSSR count). The maximum absolute atomic E-state index is 11.5. The fourth-order valence-corrected chi connectivity index (χ4v) is 2.98. The van der Waals surface area contributed by atoms with Gasteiger partial charge in [0.15, 0.2) is 0 Å². The Morgan fingerprint density at radius 1 is 1.53 bits per heavy atom. The number of carbonyl (C=O) groups is 1. The summed E-state index contributed by atoms with van der Waals surface area (Å²) < 4.78 is 6.14. The van der Waals surface area contributed by atoms with Gasteiger partial charge in [0.2, 0.25) is 0 Å². The van der Waals surface area contributed by atoms with Crippen LogP contribution < -0.4 is 5.32 Å². The van der Waals surface area contributed by atoms with Crippen molar-refractivity contribution in [3.8, 4) is 0 Å². The van der Waals surface area contributed by atoms with Crippen LogP contribution in [-0.2, 0) is 16.0 Å². The quantitative estimate of drug-likeness (QED) is 0.785. The van der Waals surface area contributed by atoms with E-state index >= 15 is 0 Å². The van der Waals surface area contributed by atoms with E-state index in [0.29, 0.717) is 6.61 Å². The van der Waals surface area contributed by atoms with Gasteiger partial charge in [-0.3, -0.25) is 4.79 Å². The van der Waals surface area contributed by atoms with Crippen LogP contribution in [0.25, 0.3) is 0 Å². The van der Waals surface area contributed by atoms with E-state index in [1.165, 1.54) is 4.88 Å². The molecule has 0 amide bonds. The van der Waals surface area contributed by atoms with E-state index in [1.807, 2.05) is 19.9 Å². The Morgan fingerprint density at radius 2 is 2.29 bits per heavy atom. The summed E-state index contributed by atoms with van der Waals surface area (Å²) in [4.78, 5) is 12.8. The summed E-state index contributed by atoms with van der Waals surface area (Å²) in [5.41, 5.74) is 0. The van der Waals surface area contributed by atoms with Crippen molar-refractivity contribution >= 4 is 33.2 Å². The highest BCUT2D eigenvalue weighted by molar-refractivity contribution is 9.11. The van der Waals surface area contributed by atoms with E-state index in [-0.39, 0.29) is 12.0 Å². The normalized spacial score (nSPS) is 12.4. The second-order valence-electron chi connectivity index (χ2n) is 3.62. The molecule has 0 radical (unpaired) electrons. The number of hydrogen-bond acceptors (Lipinski definition) is 4. The first-order valence-electron chi connectivity index (χ1n) is 5.81. The lowest BCUT2D eigenvalue weighted by molar-refractivity contribution is -0.145. The summed E-state index contributed by atoms with van der Waals surface area (Å²) in [6.07, 6.45) is 1.69. The molecule has 17 heavy (non-hydrogen) atoms. The Balaban J connectivity index is 2.30. The van der Waals surface area contributed by atoms with Gasteiger partial charge >= 0.3 is 5.97 Å². The van der Waals surface area contributed by atoms with Gasteiger partial charge < -0.3 is 10.1 Å². The van der Waals surface area contributed by atoms with Gasteiger partial charge in [-0.25, -0.2) is 0 Å². The Morgan fingerprint density at radius 3 is 2.82 bits per heavy atom. The molecule has 0 fully saturated rings. The molecule has 0 aliphatic carbocycles. The third-order valence-electron chi connectivity index (χ3n) is 2.37. The predicted octanol–water partition coefficient (Wildman–Crippen LogP) is 2.98. The molecule has 0 spiro atoms. The summed E-state index contributed by atoms with van der Waals surface area (Å²) in [6.45, 7) is 5.04. The van der Waals surface area contributed by atoms with Crippen LogP contribution in [-0.4, -0.2) is 25.2 Å². The highest BCUT2D eigenvalue weighted by Crippen LogP contribution is 2.22. The predicted molar refractivity (Wildman–Crippen MR) is 74.4 cm³/mol. The molecule has 0 saturated heterocycles. The molecule has 0 aliphatic rings. The average molecular weight is 320 g/mol. The van der Waals surface area contributed by atoms with E-state index < -0.39 is 0 Å². The zero-order valence-electron chi connectivity index (χ0n) is 10.2. The summed E-state index contributed by atoms with van der Waals surface area (Å²) in [6, 6.07) is 3.96. The fourth-order valence-electron chi connectivity index (χ4n) is 1.49. The highest BCUT2D eigenvalue weighted by Gasteiger charge is 2.16. The molecular weight excluding hydrogens is 302 g/mol. The third kappa shape index (κ3) is 5.19. The molecule has 0 bridgehead atoms. The van der Waals surface area contributed by atoms with Crippen LogP contribution >= 0.6 is 27.3 Å². The number of nitrogens with one attached hydrogen (secondary N) is 1. The van der Waals surface area contributed by atoms with Crippen molar-refractivity contribution in [1.82, 2.24) is 5.32 Å². The first kappa shape index (κ1) is 14.7.